The second kappa shape index (κ2) is 4.61. The molecule has 2 N–H and O–H groups in total. The highest BCUT2D eigenvalue weighted by molar-refractivity contribution is 6.31. The molecule has 1 rings (SSSR count). The maximum Gasteiger partial charge on any atom is 0.0656 e. The van der Waals surface area contributed by atoms with Crippen molar-refractivity contribution < 1.29 is 4.74 Å². The first-order valence-electron chi connectivity index (χ1n) is 4.15. The van der Waals surface area contributed by atoms with E-state index in [4.69, 9.17) is 22.1 Å². The minimum absolute atomic E-state index is 0.141. The Morgan fingerprint density at radius 2 is 2.23 bits per heavy atom. The van der Waals surface area contributed by atoms with Crippen LogP contribution in [0.25, 0.3) is 0 Å². The Balaban J connectivity index is 2.91. The molecule has 0 saturated heterocycles. The van der Waals surface area contributed by atoms with E-state index in [9.17, 15) is 0 Å². The normalized spacial score (nSPS) is 12.9. The number of nitrogens with two attached hydrogens (primary N) is 1. The highest BCUT2D eigenvalue weighted by Gasteiger charge is 2.09. The third-order valence-electron chi connectivity index (χ3n) is 1.90. The number of hydrogen-bond donors (Lipinski definition) is 1. The highest BCUT2D eigenvalue weighted by atomic mass is 35.5. The Hall–Kier alpha value is -0.570. The zero-order chi connectivity index (χ0) is 9.84. The first kappa shape index (κ1) is 10.5. The van der Waals surface area contributed by atoms with E-state index < -0.39 is 0 Å². The van der Waals surface area contributed by atoms with Crippen LogP contribution in [0.3, 0.4) is 0 Å². The molecule has 13 heavy (non-hydrogen) atoms. The first-order valence-corrected chi connectivity index (χ1v) is 4.53. The van der Waals surface area contributed by atoms with E-state index in [1.165, 1.54) is 0 Å². The van der Waals surface area contributed by atoms with Crippen molar-refractivity contribution in [2.24, 2.45) is 5.73 Å². The van der Waals surface area contributed by atoms with Crippen molar-refractivity contribution in [2.45, 2.75) is 13.0 Å². The lowest BCUT2D eigenvalue weighted by Gasteiger charge is -2.13. The van der Waals surface area contributed by atoms with E-state index in [0.29, 0.717) is 11.6 Å². The van der Waals surface area contributed by atoms with E-state index in [0.717, 1.165) is 11.1 Å². The summed E-state index contributed by atoms with van der Waals surface area (Å²) in [7, 11) is 1.63. The van der Waals surface area contributed by atoms with Crippen LogP contribution < -0.4 is 5.73 Å². The molecule has 0 aliphatic rings. The average molecular weight is 200 g/mol. The lowest BCUT2D eigenvalue weighted by atomic mass is 10.1. The highest BCUT2D eigenvalue weighted by Crippen LogP contribution is 2.22. The number of halogens is 1. The van der Waals surface area contributed by atoms with Crippen LogP contribution in [0, 0.1) is 6.92 Å². The molecule has 0 amide bonds. The minimum Gasteiger partial charge on any atom is -0.383 e. The van der Waals surface area contributed by atoms with Crippen LogP contribution in [-0.2, 0) is 4.74 Å². The van der Waals surface area contributed by atoms with E-state index in [1.807, 2.05) is 25.1 Å². The Kier molecular flexibility index (Phi) is 3.72. The van der Waals surface area contributed by atoms with Gasteiger partial charge in [0, 0.05) is 12.1 Å². The monoisotopic (exact) mass is 199 g/mol. The zero-order valence-electron chi connectivity index (χ0n) is 7.88. The molecule has 0 radical (unpaired) electrons. The van der Waals surface area contributed by atoms with Crippen LogP contribution in [0.1, 0.15) is 17.2 Å². The number of aryl methyl sites for hydroxylation is 1. The van der Waals surface area contributed by atoms with Gasteiger partial charge < -0.3 is 10.5 Å². The standard InChI is InChI=1S/C10H14ClNO/c1-7-3-4-9(11)8(5-7)10(12)6-13-2/h3-5,10H,6,12H2,1-2H3. The van der Waals surface area contributed by atoms with Crippen molar-refractivity contribution in [1.82, 2.24) is 0 Å². The van der Waals surface area contributed by atoms with Gasteiger partial charge in [-0.05, 0) is 18.6 Å². The molecule has 1 unspecified atom stereocenters. The summed E-state index contributed by atoms with van der Waals surface area (Å²) in [6.07, 6.45) is 0. The molecule has 0 heterocycles. The van der Waals surface area contributed by atoms with Gasteiger partial charge in [0.25, 0.3) is 0 Å². The zero-order valence-corrected chi connectivity index (χ0v) is 8.64. The maximum absolute atomic E-state index is 5.99. The van der Waals surface area contributed by atoms with Crippen LogP contribution in [0.2, 0.25) is 5.02 Å². The van der Waals surface area contributed by atoms with Gasteiger partial charge in [-0.1, -0.05) is 29.3 Å². The van der Waals surface area contributed by atoms with Gasteiger partial charge in [0.1, 0.15) is 0 Å². The molecule has 3 heteroatoms. The summed E-state index contributed by atoms with van der Waals surface area (Å²) in [5, 5.41) is 0.704. The predicted octanol–water partition coefficient (Wildman–Crippen LogP) is 2.29. The number of rotatable bonds is 3. The van der Waals surface area contributed by atoms with Gasteiger partial charge in [-0.3, -0.25) is 0 Å². The van der Waals surface area contributed by atoms with Crippen molar-refractivity contribution in [3.8, 4) is 0 Å². The maximum atomic E-state index is 5.99. The average Bonchev–Trinajstić information content (AvgIpc) is 2.09. The molecule has 72 valence electrons. The fraction of sp³-hybridized carbons (Fsp3) is 0.400. The molecule has 0 aliphatic heterocycles. The summed E-state index contributed by atoms with van der Waals surface area (Å²) >= 11 is 5.99. The molecule has 1 atom stereocenters. The molecule has 0 spiro atoms. The van der Waals surface area contributed by atoms with Gasteiger partial charge in [0.05, 0.1) is 12.6 Å². The molecule has 1 aromatic rings. The van der Waals surface area contributed by atoms with E-state index >= 15 is 0 Å². The third kappa shape index (κ3) is 2.69. The van der Waals surface area contributed by atoms with Gasteiger partial charge in [-0.25, -0.2) is 0 Å². The number of ether oxygens (including phenoxy) is 1. The van der Waals surface area contributed by atoms with E-state index in [-0.39, 0.29) is 6.04 Å². The lowest BCUT2D eigenvalue weighted by Crippen LogP contribution is -2.16. The van der Waals surface area contributed by atoms with Crippen LogP contribution in [-0.4, -0.2) is 13.7 Å². The predicted molar refractivity (Wildman–Crippen MR) is 55.0 cm³/mol. The fourth-order valence-electron chi connectivity index (χ4n) is 1.22. The van der Waals surface area contributed by atoms with Gasteiger partial charge >= 0.3 is 0 Å². The van der Waals surface area contributed by atoms with Crippen molar-refractivity contribution >= 4 is 11.6 Å². The summed E-state index contributed by atoms with van der Waals surface area (Å²) in [5.41, 5.74) is 7.97. The van der Waals surface area contributed by atoms with Crippen LogP contribution in [0.4, 0.5) is 0 Å². The van der Waals surface area contributed by atoms with Crippen LogP contribution in [0.15, 0.2) is 18.2 Å². The summed E-state index contributed by atoms with van der Waals surface area (Å²) in [6.45, 7) is 2.50. The van der Waals surface area contributed by atoms with E-state index in [1.54, 1.807) is 7.11 Å². The number of methoxy groups -OCH3 is 1. The summed E-state index contributed by atoms with van der Waals surface area (Å²) in [5.74, 6) is 0. The minimum atomic E-state index is -0.141. The molecular formula is C10H14ClNO. The van der Waals surface area contributed by atoms with Gasteiger partial charge in [0.15, 0.2) is 0 Å². The molecule has 1 aromatic carbocycles. The second-order valence-corrected chi connectivity index (χ2v) is 3.49. The topological polar surface area (TPSA) is 35.2 Å². The second-order valence-electron chi connectivity index (χ2n) is 3.09. The Morgan fingerprint density at radius 1 is 1.54 bits per heavy atom. The van der Waals surface area contributed by atoms with Gasteiger partial charge in [0.2, 0.25) is 0 Å². The van der Waals surface area contributed by atoms with Crippen LogP contribution >= 0.6 is 11.6 Å². The quantitative estimate of drug-likeness (QED) is 0.811. The smallest absolute Gasteiger partial charge is 0.0656 e. The summed E-state index contributed by atoms with van der Waals surface area (Å²) in [4.78, 5) is 0. The molecule has 2 nitrogen and oxygen atoms in total. The Morgan fingerprint density at radius 3 is 2.85 bits per heavy atom. The molecular weight excluding hydrogens is 186 g/mol. The Bertz CT molecular complexity index is 288. The largest absolute Gasteiger partial charge is 0.383 e. The third-order valence-corrected chi connectivity index (χ3v) is 2.24. The lowest BCUT2D eigenvalue weighted by molar-refractivity contribution is 0.181. The number of hydrogen-bond acceptors (Lipinski definition) is 2. The summed E-state index contributed by atoms with van der Waals surface area (Å²) < 4.78 is 4.97. The van der Waals surface area contributed by atoms with Crippen molar-refractivity contribution in [3.63, 3.8) is 0 Å². The van der Waals surface area contributed by atoms with Crippen molar-refractivity contribution in [2.75, 3.05) is 13.7 Å². The Labute approximate surface area is 83.6 Å². The molecule has 0 fully saturated rings. The van der Waals surface area contributed by atoms with Crippen molar-refractivity contribution in [3.05, 3.63) is 34.3 Å². The molecule has 0 aliphatic carbocycles. The number of benzene rings is 1. The fourth-order valence-corrected chi connectivity index (χ4v) is 1.47. The van der Waals surface area contributed by atoms with E-state index in [2.05, 4.69) is 0 Å². The SMILES string of the molecule is COCC(N)c1cc(C)ccc1Cl. The molecule has 0 saturated carbocycles. The molecule has 0 aromatic heterocycles. The molecule has 0 bridgehead atoms. The van der Waals surface area contributed by atoms with Gasteiger partial charge in [-0.2, -0.15) is 0 Å². The van der Waals surface area contributed by atoms with Crippen molar-refractivity contribution in [1.29, 1.82) is 0 Å². The van der Waals surface area contributed by atoms with Gasteiger partial charge in [-0.15, -0.1) is 0 Å². The summed E-state index contributed by atoms with van der Waals surface area (Å²) in [6, 6.07) is 5.68. The van der Waals surface area contributed by atoms with Crippen LogP contribution in [0.5, 0.6) is 0 Å². The first-order chi connectivity index (χ1) is 6.15.